The zero-order chi connectivity index (χ0) is 27.6. The molecule has 3 aromatic rings. The highest BCUT2D eigenvalue weighted by molar-refractivity contribution is 7.09. The van der Waals surface area contributed by atoms with Gasteiger partial charge < -0.3 is 15.4 Å². The first-order valence-corrected chi connectivity index (χ1v) is 12.9. The lowest BCUT2D eigenvalue weighted by atomic mass is 10.1. The molecule has 4 amide bonds. The molecular formula is C25H28N6O6S. The molecule has 4 rings (SSSR count). The van der Waals surface area contributed by atoms with Crippen LogP contribution >= 0.6 is 11.3 Å². The normalized spacial score (nSPS) is 15.7. The average Bonchev–Trinajstić information content (AvgIpc) is 3.29. The third-order valence-electron chi connectivity index (χ3n) is 5.67. The van der Waals surface area contributed by atoms with Crippen LogP contribution in [0.15, 0.2) is 28.4 Å². The Kier molecular flexibility index (Phi) is 7.58. The molecule has 200 valence electrons. The number of fused-ring (bicyclic) bond motifs is 1. The fourth-order valence-corrected chi connectivity index (χ4v) is 4.81. The molecule has 3 N–H and O–H groups in total. The molecule has 0 saturated carbocycles. The Morgan fingerprint density at radius 2 is 1.97 bits per heavy atom. The molecule has 0 aliphatic carbocycles. The van der Waals surface area contributed by atoms with Crippen molar-refractivity contribution >= 4 is 51.7 Å². The molecule has 1 unspecified atom stereocenters. The molecule has 1 aromatic carbocycles. The van der Waals surface area contributed by atoms with Gasteiger partial charge in [-0.25, -0.2) is 14.8 Å². The maximum atomic E-state index is 13.3. The number of carbonyl (C=O) groups excluding carboxylic acids is 4. The quantitative estimate of drug-likeness (QED) is 0.402. The van der Waals surface area contributed by atoms with Crippen molar-refractivity contribution in [2.24, 2.45) is 0 Å². The summed E-state index contributed by atoms with van der Waals surface area (Å²) in [6.07, 6.45) is 0.228. The van der Waals surface area contributed by atoms with E-state index in [4.69, 9.17) is 4.74 Å². The lowest BCUT2D eigenvalue weighted by Gasteiger charge is -2.24. The third-order valence-corrected chi connectivity index (χ3v) is 6.58. The Morgan fingerprint density at radius 3 is 2.68 bits per heavy atom. The summed E-state index contributed by atoms with van der Waals surface area (Å²) in [5, 5.41) is 10.2. The summed E-state index contributed by atoms with van der Waals surface area (Å²) in [4.78, 5) is 70.7. The lowest BCUT2D eigenvalue weighted by molar-refractivity contribution is -0.135. The number of carbonyl (C=O) groups is 4. The van der Waals surface area contributed by atoms with Crippen molar-refractivity contribution in [1.82, 2.24) is 25.2 Å². The van der Waals surface area contributed by atoms with Crippen molar-refractivity contribution in [3.63, 3.8) is 0 Å². The number of nitrogens with one attached hydrogen (secondary N) is 3. The van der Waals surface area contributed by atoms with Crippen LogP contribution in [0.4, 0.5) is 10.5 Å². The first-order valence-electron chi connectivity index (χ1n) is 12.0. The van der Waals surface area contributed by atoms with Crippen molar-refractivity contribution in [2.45, 2.75) is 58.6 Å². The summed E-state index contributed by atoms with van der Waals surface area (Å²) in [6, 6.07) is 3.97. The molecule has 1 atom stereocenters. The van der Waals surface area contributed by atoms with E-state index in [1.54, 1.807) is 51.3 Å². The number of aromatic nitrogens is 3. The van der Waals surface area contributed by atoms with Crippen LogP contribution in [0.2, 0.25) is 0 Å². The van der Waals surface area contributed by atoms with Crippen molar-refractivity contribution in [3.8, 4) is 0 Å². The van der Waals surface area contributed by atoms with Gasteiger partial charge >= 0.3 is 6.09 Å². The Labute approximate surface area is 221 Å². The second-order valence-electron chi connectivity index (χ2n) is 9.76. The van der Waals surface area contributed by atoms with Crippen LogP contribution in [0, 0.1) is 6.92 Å². The van der Waals surface area contributed by atoms with Gasteiger partial charge in [0.25, 0.3) is 11.5 Å². The molecule has 1 aliphatic rings. The molecule has 0 radical (unpaired) electrons. The van der Waals surface area contributed by atoms with Crippen LogP contribution in [0.3, 0.4) is 0 Å². The van der Waals surface area contributed by atoms with E-state index in [0.717, 1.165) is 0 Å². The predicted octanol–water partition coefficient (Wildman–Crippen LogP) is 2.46. The number of para-hydroxylation sites is 1. The first kappa shape index (κ1) is 26.9. The minimum Gasteiger partial charge on any atom is -0.444 e. The SMILES string of the molecule is Cc1nc2c(NC(=O)c3csc(CCNC(=O)OC(C)(C)C)n3)cccc2c(=O)n1C1CCC(=O)NC1=O. The van der Waals surface area contributed by atoms with Gasteiger partial charge in [0.05, 0.1) is 16.1 Å². The molecule has 13 heteroatoms. The number of amides is 4. The number of imide groups is 1. The highest BCUT2D eigenvalue weighted by Crippen LogP contribution is 2.24. The highest BCUT2D eigenvalue weighted by atomic mass is 32.1. The molecule has 1 fully saturated rings. The van der Waals surface area contributed by atoms with Gasteiger partial charge in [-0.2, -0.15) is 0 Å². The summed E-state index contributed by atoms with van der Waals surface area (Å²) >= 11 is 1.29. The van der Waals surface area contributed by atoms with E-state index in [-0.39, 0.29) is 41.2 Å². The van der Waals surface area contributed by atoms with Crippen LogP contribution in [-0.2, 0) is 20.7 Å². The number of anilines is 1. The van der Waals surface area contributed by atoms with E-state index in [2.05, 4.69) is 25.9 Å². The minimum atomic E-state index is -0.839. The second kappa shape index (κ2) is 10.7. The Bertz CT molecular complexity index is 1490. The molecule has 38 heavy (non-hydrogen) atoms. The van der Waals surface area contributed by atoms with Gasteiger partial charge in [-0.15, -0.1) is 11.3 Å². The van der Waals surface area contributed by atoms with E-state index in [1.165, 1.54) is 15.9 Å². The molecular weight excluding hydrogens is 512 g/mol. The molecule has 0 spiro atoms. The standard InChI is InChI=1S/C25H28N6O6S/c1-13-27-20-14(23(35)31(13)17-8-9-18(32)30-22(17)34)6-5-7-15(20)29-21(33)16-12-38-19(28-16)10-11-26-24(36)37-25(2,3)4/h5-7,12,17H,8-11H2,1-4H3,(H,26,36)(H,29,33)(H,30,32,34). The summed E-state index contributed by atoms with van der Waals surface area (Å²) in [7, 11) is 0. The lowest BCUT2D eigenvalue weighted by Crippen LogP contribution is -2.45. The van der Waals surface area contributed by atoms with Crippen LogP contribution in [0.25, 0.3) is 10.9 Å². The number of benzene rings is 1. The number of nitrogens with zero attached hydrogens (tertiary/aromatic N) is 3. The van der Waals surface area contributed by atoms with Crippen LogP contribution in [0.5, 0.6) is 0 Å². The number of hydrogen-bond donors (Lipinski definition) is 3. The van der Waals surface area contributed by atoms with Gasteiger partial charge in [0.1, 0.15) is 28.7 Å². The smallest absolute Gasteiger partial charge is 0.407 e. The molecule has 1 saturated heterocycles. The van der Waals surface area contributed by atoms with Crippen LogP contribution < -0.4 is 21.5 Å². The number of alkyl carbamates (subject to hydrolysis) is 1. The van der Waals surface area contributed by atoms with Gasteiger partial charge in [0.15, 0.2) is 0 Å². The maximum Gasteiger partial charge on any atom is 0.407 e. The number of piperidine rings is 1. The van der Waals surface area contributed by atoms with E-state index >= 15 is 0 Å². The average molecular weight is 541 g/mol. The number of aryl methyl sites for hydroxylation is 1. The molecule has 2 aromatic heterocycles. The van der Waals surface area contributed by atoms with Gasteiger partial charge in [0.2, 0.25) is 11.8 Å². The van der Waals surface area contributed by atoms with E-state index in [1.807, 2.05) is 0 Å². The van der Waals surface area contributed by atoms with Crippen molar-refractivity contribution in [2.75, 3.05) is 11.9 Å². The van der Waals surface area contributed by atoms with Gasteiger partial charge in [0, 0.05) is 24.8 Å². The monoisotopic (exact) mass is 540 g/mol. The van der Waals surface area contributed by atoms with E-state index in [0.29, 0.717) is 23.7 Å². The zero-order valence-corrected chi connectivity index (χ0v) is 22.2. The van der Waals surface area contributed by atoms with Crippen LogP contribution in [-0.4, -0.2) is 50.5 Å². The number of hydrogen-bond acceptors (Lipinski definition) is 9. The maximum absolute atomic E-state index is 13.3. The number of thiazole rings is 1. The minimum absolute atomic E-state index is 0.128. The molecule has 0 bridgehead atoms. The predicted molar refractivity (Wildman–Crippen MR) is 140 cm³/mol. The Morgan fingerprint density at radius 1 is 1.21 bits per heavy atom. The Hall–Kier alpha value is -4.13. The van der Waals surface area contributed by atoms with Crippen molar-refractivity contribution < 1.29 is 23.9 Å². The molecule has 3 heterocycles. The summed E-state index contributed by atoms with van der Waals surface area (Å²) < 4.78 is 6.48. The highest BCUT2D eigenvalue weighted by Gasteiger charge is 2.30. The van der Waals surface area contributed by atoms with Gasteiger partial charge in [-0.05, 0) is 46.2 Å². The third kappa shape index (κ3) is 6.05. The summed E-state index contributed by atoms with van der Waals surface area (Å²) in [5.41, 5.74) is -0.239. The van der Waals surface area contributed by atoms with Gasteiger partial charge in [-0.3, -0.25) is 29.1 Å². The topological polar surface area (TPSA) is 161 Å². The fraction of sp³-hybridized carbons (Fsp3) is 0.400. The number of rotatable bonds is 6. The van der Waals surface area contributed by atoms with Crippen LogP contribution in [0.1, 0.15) is 61.0 Å². The summed E-state index contributed by atoms with van der Waals surface area (Å²) in [6.45, 7) is 7.23. The Balaban J connectivity index is 1.48. The largest absolute Gasteiger partial charge is 0.444 e. The molecule has 12 nitrogen and oxygen atoms in total. The molecule has 1 aliphatic heterocycles. The zero-order valence-electron chi connectivity index (χ0n) is 21.4. The van der Waals surface area contributed by atoms with Crippen molar-refractivity contribution in [1.29, 1.82) is 0 Å². The fourth-order valence-electron chi connectivity index (χ4n) is 4.03. The first-order chi connectivity index (χ1) is 17.9. The number of ether oxygens (including phenoxy) is 1. The summed E-state index contributed by atoms with van der Waals surface area (Å²) in [5.74, 6) is -1.11. The van der Waals surface area contributed by atoms with E-state index in [9.17, 15) is 24.0 Å². The second-order valence-corrected chi connectivity index (χ2v) is 10.7. The van der Waals surface area contributed by atoms with Gasteiger partial charge in [-0.1, -0.05) is 6.07 Å². The van der Waals surface area contributed by atoms with Crippen molar-refractivity contribution in [3.05, 3.63) is 50.5 Å². The van der Waals surface area contributed by atoms with E-state index < -0.39 is 35.1 Å².